The molecule has 0 saturated carbocycles. The van der Waals surface area contributed by atoms with E-state index in [1.54, 1.807) is 50.2 Å². The van der Waals surface area contributed by atoms with E-state index in [0.29, 0.717) is 43.1 Å². The van der Waals surface area contributed by atoms with Gasteiger partial charge in [-0.3, -0.25) is 4.72 Å². The fourth-order valence-electron chi connectivity index (χ4n) is 4.11. The zero-order valence-electron chi connectivity index (χ0n) is 19.0. The molecule has 1 aliphatic rings. The number of carboxylic acid groups (broad SMARTS) is 1. The lowest BCUT2D eigenvalue weighted by atomic mass is 10.1. The third-order valence-corrected chi connectivity index (χ3v) is 7.46. The van der Waals surface area contributed by atoms with Crippen molar-refractivity contribution < 1.29 is 22.7 Å². The smallest absolute Gasteiger partial charge is 0.337 e. The number of hydrogen-bond donors (Lipinski definition) is 2. The van der Waals surface area contributed by atoms with Crippen LogP contribution in [0.1, 0.15) is 21.5 Å². The summed E-state index contributed by atoms with van der Waals surface area (Å²) in [5, 5.41) is 9.77. The van der Waals surface area contributed by atoms with Crippen molar-refractivity contribution in [3.63, 3.8) is 0 Å². The molecule has 0 bridgehead atoms. The normalized spacial score (nSPS) is 14.2. The van der Waals surface area contributed by atoms with E-state index in [1.165, 1.54) is 18.2 Å². The van der Waals surface area contributed by atoms with Gasteiger partial charge in [0.15, 0.2) is 0 Å². The van der Waals surface area contributed by atoms with Gasteiger partial charge in [-0.1, -0.05) is 24.3 Å². The number of piperazine rings is 1. The summed E-state index contributed by atoms with van der Waals surface area (Å²) in [6, 6.07) is 16.4. The Bertz CT molecular complexity index is 1340. The summed E-state index contributed by atoms with van der Waals surface area (Å²) in [6.07, 6.45) is 0. The number of halogens is 1. The minimum atomic E-state index is -3.97. The molecule has 2 N–H and O–H groups in total. The van der Waals surface area contributed by atoms with E-state index in [4.69, 9.17) is 0 Å². The number of benzene rings is 3. The minimum absolute atomic E-state index is 0.00199. The summed E-state index contributed by atoms with van der Waals surface area (Å²) in [5.74, 6) is -1.50. The van der Waals surface area contributed by atoms with Crippen molar-refractivity contribution >= 4 is 33.1 Å². The highest BCUT2D eigenvalue weighted by molar-refractivity contribution is 7.92. The molecule has 0 unspecified atom stereocenters. The van der Waals surface area contributed by atoms with E-state index in [2.05, 4.69) is 4.72 Å². The quantitative estimate of drug-likeness (QED) is 0.544. The summed E-state index contributed by atoms with van der Waals surface area (Å²) >= 11 is 0. The molecule has 7 nitrogen and oxygen atoms in total. The second-order valence-corrected chi connectivity index (χ2v) is 9.99. The molecule has 9 heteroatoms. The van der Waals surface area contributed by atoms with Crippen molar-refractivity contribution in [3.8, 4) is 0 Å². The molecule has 0 spiro atoms. The first-order valence-corrected chi connectivity index (χ1v) is 12.4. The van der Waals surface area contributed by atoms with Gasteiger partial charge in [-0.25, -0.2) is 17.6 Å². The van der Waals surface area contributed by atoms with Gasteiger partial charge in [0.1, 0.15) is 5.82 Å². The summed E-state index contributed by atoms with van der Waals surface area (Å²) in [4.78, 5) is 16.0. The van der Waals surface area contributed by atoms with Crippen molar-refractivity contribution in [1.82, 2.24) is 0 Å². The summed E-state index contributed by atoms with van der Waals surface area (Å²) < 4.78 is 42.5. The van der Waals surface area contributed by atoms with Gasteiger partial charge < -0.3 is 14.9 Å². The molecule has 1 aliphatic heterocycles. The fraction of sp³-hybridized carbons (Fsp3) is 0.240. The van der Waals surface area contributed by atoms with Crippen LogP contribution in [-0.4, -0.2) is 45.7 Å². The molecule has 34 heavy (non-hydrogen) atoms. The van der Waals surface area contributed by atoms with Crippen LogP contribution in [0.15, 0.2) is 65.6 Å². The van der Waals surface area contributed by atoms with Crippen LogP contribution in [0.3, 0.4) is 0 Å². The maximum atomic E-state index is 14.1. The largest absolute Gasteiger partial charge is 0.478 e. The second kappa shape index (κ2) is 9.34. The van der Waals surface area contributed by atoms with E-state index < -0.39 is 16.0 Å². The zero-order chi connectivity index (χ0) is 24.5. The van der Waals surface area contributed by atoms with Crippen molar-refractivity contribution in [2.45, 2.75) is 18.7 Å². The number of aryl methyl sites for hydroxylation is 2. The Morgan fingerprint density at radius 1 is 0.941 bits per heavy atom. The molecule has 0 radical (unpaired) electrons. The van der Waals surface area contributed by atoms with E-state index in [1.807, 2.05) is 15.9 Å². The van der Waals surface area contributed by atoms with Gasteiger partial charge in [-0.15, -0.1) is 0 Å². The molecule has 178 valence electrons. The van der Waals surface area contributed by atoms with Gasteiger partial charge in [0.05, 0.1) is 21.8 Å². The summed E-state index contributed by atoms with van der Waals surface area (Å²) in [6.45, 7) is 5.77. The van der Waals surface area contributed by atoms with Gasteiger partial charge in [-0.2, -0.15) is 0 Å². The van der Waals surface area contributed by atoms with Gasteiger partial charge >= 0.3 is 5.97 Å². The maximum Gasteiger partial charge on any atom is 0.337 e. The highest BCUT2D eigenvalue weighted by atomic mass is 32.2. The van der Waals surface area contributed by atoms with Crippen LogP contribution in [-0.2, 0) is 10.0 Å². The molecule has 4 rings (SSSR count). The number of carbonyl (C=O) groups is 1. The molecule has 0 aliphatic carbocycles. The Morgan fingerprint density at radius 3 is 2.29 bits per heavy atom. The first-order valence-electron chi connectivity index (χ1n) is 10.9. The monoisotopic (exact) mass is 483 g/mol. The number of sulfonamides is 1. The predicted molar refractivity (Wildman–Crippen MR) is 131 cm³/mol. The van der Waals surface area contributed by atoms with E-state index >= 15 is 0 Å². The average molecular weight is 484 g/mol. The first-order chi connectivity index (χ1) is 16.2. The van der Waals surface area contributed by atoms with E-state index in [9.17, 15) is 22.7 Å². The Morgan fingerprint density at radius 2 is 1.62 bits per heavy atom. The SMILES string of the molecule is Cc1ccc(C)c(S(=O)(=O)Nc2ccc(N3CCN(c4ccccc4F)CC3)cc2C(=O)O)c1. The second-order valence-electron chi connectivity index (χ2n) is 8.33. The number of hydrogen-bond acceptors (Lipinski definition) is 5. The van der Waals surface area contributed by atoms with Gasteiger partial charge in [0.25, 0.3) is 10.0 Å². The van der Waals surface area contributed by atoms with Crippen molar-refractivity contribution in [3.05, 3.63) is 83.2 Å². The van der Waals surface area contributed by atoms with Crippen LogP contribution >= 0.6 is 0 Å². The number of para-hydroxylation sites is 1. The number of aromatic carboxylic acids is 1. The molecule has 0 atom stereocenters. The molecule has 0 amide bonds. The average Bonchev–Trinajstić information content (AvgIpc) is 2.81. The number of anilines is 3. The van der Waals surface area contributed by atoms with Crippen molar-refractivity contribution in [2.24, 2.45) is 0 Å². The predicted octanol–water partition coefficient (Wildman–Crippen LogP) is 4.27. The fourth-order valence-corrected chi connectivity index (χ4v) is 5.52. The van der Waals surface area contributed by atoms with Crippen LogP contribution < -0.4 is 14.5 Å². The maximum absolute atomic E-state index is 14.1. The molecular weight excluding hydrogens is 457 g/mol. The van der Waals surface area contributed by atoms with Gasteiger partial charge in [-0.05, 0) is 61.4 Å². The number of nitrogens with one attached hydrogen (secondary N) is 1. The number of rotatable bonds is 6. The first kappa shape index (κ1) is 23.6. The lowest BCUT2D eigenvalue weighted by Gasteiger charge is -2.37. The highest BCUT2D eigenvalue weighted by Crippen LogP contribution is 2.29. The lowest BCUT2D eigenvalue weighted by Crippen LogP contribution is -2.46. The molecular formula is C25H26FN3O4S. The Labute approximate surface area is 198 Å². The molecule has 3 aromatic rings. The third-order valence-electron chi connectivity index (χ3n) is 5.95. The number of carboxylic acids is 1. The van der Waals surface area contributed by atoms with Crippen LogP contribution in [0.25, 0.3) is 0 Å². The third kappa shape index (κ3) is 4.84. The molecule has 1 heterocycles. The Balaban J connectivity index is 1.55. The molecule has 3 aromatic carbocycles. The Hall–Kier alpha value is -3.59. The topological polar surface area (TPSA) is 90.0 Å². The van der Waals surface area contributed by atoms with Gasteiger partial charge in [0.2, 0.25) is 0 Å². The zero-order valence-corrected chi connectivity index (χ0v) is 19.8. The van der Waals surface area contributed by atoms with Crippen LogP contribution in [0.2, 0.25) is 0 Å². The summed E-state index contributed by atoms with van der Waals surface area (Å²) in [5.41, 5.74) is 2.43. The standard InChI is InChI=1S/C25H26FN3O4S/c1-17-7-8-18(2)24(15-17)34(32,33)27-22-10-9-19(16-20(22)25(30)31)28-11-13-29(14-12-28)23-6-4-3-5-21(23)26/h3-10,15-16,27H,11-14H2,1-2H3,(H,30,31). The molecule has 1 fully saturated rings. The number of nitrogens with zero attached hydrogens (tertiary/aromatic N) is 2. The van der Waals surface area contributed by atoms with Crippen LogP contribution in [0.4, 0.5) is 21.5 Å². The Kier molecular flexibility index (Phi) is 6.47. The molecule has 0 aromatic heterocycles. The molecule has 1 saturated heterocycles. The summed E-state index contributed by atoms with van der Waals surface area (Å²) in [7, 11) is -3.97. The van der Waals surface area contributed by atoms with E-state index in [-0.39, 0.29) is 22.0 Å². The van der Waals surface area contributed by atoms with E-state index in [0.717, 1.165) is 5.56 Å². The van der Waals surface area contributed by atoms with Crippen molar-refractivity contribution in [1.29, 1.82) is 0 Å². The minimum Gasteiger partial charge on any atom is -0.478 e. The lowest BCUT2D eigenvalue weighted by molar-refractivity contribution is 0.0698. The van der Waals surface area contributed by atoms with Crippen LogP contribution in [0, 0.1) is 19.7 Å². The van der Waals surface area contributed by atoms with Gasteiger partial charge in [0, 0.05) is 31.9 Å². The van der Waals surface area contributed by atoms with Crippen LogP contribution in [0.5, 0.6) is 0 Å². The van der Waals surface area contributed by atoms with Crippen molar-refractivity contribution in [2.75, 3.05) is 40.7 Å². The highest BCUT2D eigenvalue weighted by Gasteiger charge is 2.24.